The largest absolute Gasteiger partial charge is 0.397 e. The van der Waals surface area contributed by atoms with Crippen LogP contribution in [0.3, 0.4) is 0 Å². The maximum absolute atomic E-state index is 6.18. The van der Waals surface area contributed by atoms with Crippen molar-refractivity contribution in [2.45, 2.75) is 32.7 Å². The molecule has 0 fully saturated rings. The van der Waals surface area contributed by atoms with Crippen molar-refractivity contribution in [1.82, 2.24) is 4.98 Å². The number of fused-ring (bicyclic) bond motifs is 1. The Balaban J connectivity index is 1.91. The summed E-state index contributed by atoms with van der Waals surface area (Å²) < 4.78 is 0. The third-order valence-corrected chi connectivity index (χ3v) is 3.55. The van der Waals surface area contributed by atoms with Crippen LogP contribution in [-0.4, -0.2) is 17.1 Å². The van der Waals surface area contributed by atoms with Gasteiger partial charge in [-0.1, -0.05) is 6.07 Å². The second kappa shape index (κ2) is 4.95. The number of aromatic nitrogens is 1. The van der Waals surface area contributed by atoms with Gasteiger partial charge in [-0.3, -0.25) is 0 Å². The Morgan fingerprint density at radius 3 is 2.71 bits per heavy atom. The molecule has 0 saturated heterocycles. The van der Waals surface area contributed by atoms with E-state index in [1.54, 1.807) is 0 Å². The maximum atomic E-state index is 6.18. The topological polar surface area (TPSA) is 63.0 Å². The van der Waals surface area contributed by atoms with Gasteiger partial charge >= 0.3 is 0 Å². The molecule has 2 heterocycles. The van der Waals surface area contributed by atoms with Crippen LogP contribution in [0, 0.1) is 0 Å². The van der Waals surface area contributed by atoms with Crippen molar-refractivity contribution in [2.75, 3.05) is 22.9 Å². The maximum Gasteiger partial charge on any atom is 0.129 e. The molecule has 110 valence electrons. The minimum Gasteiger partial charge on any atom is -0.397 e. The molecule has 1 aliphatic heterocycles. The number of anilines is 3. The highest BCUT2D eigenvalue weighted by Gasteiger charge is 2.14. The number of nitrogens with two attached hydrogens (primary N) is 1. The van der Waals surface area contributed by atoms with Gasteiger partial charge < -0.3 is 16.4 Å². The Morgan fingerprint density at radius 2 is 2.00 bits per heavy atom. The van der Waals surface area contributed by atoms with E-state index in [0.717, 1.165) is 41.3 Å². The molecule has 1 aromatic carbocycles. The number of benzene rings is 1. The highest BCUT2D eigenvalue weighted by atomic mass is 15.0. The number of nitrogen functional groups attached to an aromatic ring is 1. The summed E-state index contributed by atoms with van der Waals surface area (Å²) in [6.45, 7) is 7.34. The zero-order valence-corrected chi connectivity index (χ0v) is 12.8. The van der Waals surface area contributed by atoms with E-state index in [4.69, 9.17) is 5.73 Å². The lowest BCUT2D eigenvalue weighted by molar-refractivity contribution is 0.634. The van der Waals surface area contributed by atoms with Gasteiger partial charge in [0, 0.05) is 23.8 Å². The molecule has 4 nitrogen and oxygen atoms in total. The first-order valence-corrected chi connectivity index (χ1v) is 7.33. The van der Waals surface area contributed by atoms with Gasteiger partial charge in [-0.25, -0.2) is 4.98 Å². The minimum absolute atomic E-state index is 0.00354. The molecule has 0 radical (unpaired) electrons. The van der Waals surface area contributed by atoms with E-state index in [-0.39, 0.29) is 5.54 Å². The average molecular weight is 282 g/mol. The fourth-order valence-corrected chi connectivity index (χ4v) is 2.59. The standard InChI is InChI=1S/C17H22N4/c1-17(2,3)21-15-5-4-11(9-14(15)18)13-8-12-6-7-19-16(12)20-10-13/h4-5,8-10,21H,6-7,18H2,1-3H3,(H,19,20). The van der Waals surface area contributed by atoms with E-state index >= 15 is 0 Å². The molecular weight excluding hydrogens is 260 g/mol. The molecule has 3 rings (SSSR count). The van der Waals surface area contributed by atoms with Gasteiger partial charge in [0.2, 0.25) is 0 Å². The zero-order valence-electron chi connectivity index (χ0n) is 12.8. The number of hydrogen-bond donors (Lipinski definition) is 3. The lowest BCUT2D eigenvalue weighted by Gasteiger charge is -2.23. The molecular formula is C17H22N4. The summed E-state index contributed by atoms with van der Waals surface area (Å²) in [5, 5.41) is 6.70. The fourth-order valence-electron chi connectivity index (χ4n) is 2.59. The SMILES string of the molecule is CC(C)(C)Nc1ccc(-c2cnc3c(c2)CCN3)cc1N. The normalized spacial score (nSPS) is 13.7. The van der Waals surface area contributed by atoms with Gasteiger partial charge in [0.25, 0.3) is 0 Å². The summed E-state index contributed by atoms with van der Waals surface area (Å²) in [6, 6.07) is 8.35. The van der Waals surface area contributed by atoms with Gasteiger partial charge in [-0.05, 0) is 56.5 Å². The highest BCUT2D eigenvalue weighted by Crippen LogP contribution is 2.31. The lowest BCUT2D eigenvalue weighted by Crippen LogP contribution is -2.26. The minimum atomic E-state index is -0.00354. The van der Waals surface area contributed by atoms with Crippen LogP contribution in [0.25, 0.3) is 11.1 Å². The monoisotopic (exact) mass is 282 g/mol. The zero-order chi connectivity index (χ0) is 15.0. The molecule has 0 atom stereocenters. The molecule has 0 spiro atoms. The van der Waals surface area contributed by atoms with Crippen molar-refractivity contribution in [2.24, 2.45) is 0 Å². The second-order valence-corrected chi connectivity index (χ2v) is 6.59. The van der Waals surface area contributed by atoms with Crippen LogP contribution in [0.2, 0.25) is 0 Å². The first-order chi connectivity index (χ1) is 9.92. The summed E-state index contributed by atoms with van der Waals surface area (Å²) in [4.78, 5) is 4.48. The van der Waals surface area contributed by atoms with Crippen LogP contribution in [0.1, 0.15) is 26.3 Å². The molecule has 2 aromatic rings. The predicted molar refractivity (Wildman–Crippen MR) is 89.7 cm³/mol. The molecule has 4 N–H and O–H groups in total. The molecule has 21 heavy (non-hydrogen) atoms. The third kappa shape index (κ3) is 2.94. The second-order valence-electron chi connectivity index (χ2n) is 6.59. The van der Waals surface area contributed by atoms with Crippen molar-refractivity contribution in [3.05, 3.63) is 36.0 Å². The molecule has 0 aliphatic carbocycles. The van der Waals surface area contributed by atoms with Crippen molar-refractivity contribution < 1.29 is 0 Å². The first kappa shape index (κ1) is 13.7. The summed E-state index contributed by atoms with van der Waals surface area (Å²) in [5.41, 5.74) is 11.4. The van der Waals surface area contributed by atoms with Gasteiger partial charge in [-0.2, -0.15) is 0 Å². The summed E-state index contributed by atoms with van der Waals surface area (Å²) >= 11 is 0. The van der Waals surface area contributed by atoms with E-state index in [2.05, 4.69) is 48.5 Å². The molecule has 4 heteroatoms. The van der Waals surface area contributed by atoms with Gasteiger partial charge in [0.1, 0.15) is 5.82 Å². The molecule has 0 amide bonds. The Morgan fingerprint density at radius 1 is 1.19 bits per heavy atom. The molecule has 1 aliphatic rings. The van der Waals surface area contributed by atoms with E-state index in [1.165, 1.54) is 5.56 Å². The van der Waals surface area contributed by atoms with Gasteiger partial charge in [0.15, 0.2) is 0 Å². The number of pyridine rings is 1. The summed E-state index contributed by atoms with van der Waals surface area (Å²) in [7, 11) is 0. The van der Waals surface area contributed by atoms with Crippen LogP contribution in [0.15, 0.2) is 30.5 Å². The quantitative estimate of drug-likeness (QED) is 0.738. The van der Waals surface area contributed by atoms with Crippen LogP contribution >= 0.6 is 0 Å². The predicted octanol–water partition coefficient (Wildman–Crippen LogP) is 3.51. The summed E-state index contributed by atoms with van der Waals surface area (Å²) in [6.07, 6.45) is 2.94. The van der Waals surface area contributed by atoms with E-state index in [1.807, 2.05) is 18.3 Å². The molecule has 0 unspecified atom stereocenters. The fraction of sp³-hybridized carbons (Fsp3) is 0.353. The molecule has 1 aromatic heterocycles. The Hall–Kier alpha value is -2.23. The van der Waals surface area contributed by atoms with E-state index in [9.17, 15) is 0 Å². The number of rotatable bonds is 2. The number of nitrogens with one attached hydrogen (secondary N) is 2. The van der Waals surface area contributed by atoms with Gasteiger partial charge in [0.05, 0.1) is 11.4 Å². The Labute approximate surface area is 125 Å². The Bertz CT molecular complexity index is 671. The van der Waals surface area contributed by atoms with Gasteiger partial charge in [-0.15, -0.1) is 0 Å². The molecule has 0 bridgehead atoms. The third-order valence-electron chi connectivity index (χ3n) is 3.55. The average Bonchev–Trinajstić information content (AvgIpc) is 2.87. The number of hydrogen-bond acceptors (Lipinski definition) is 4. The smallest absolute Gasteiger partial charge is 0.129 e. The van der Waals surface area contributed by atoms with Crippen LogP contribution in [-0.2, 0) is 6.42 Å². The van der Waals surface area contributed by atoms with E-state index < -0.39 is 0 Å². The van der Waals surface area contributed by atoms with Crippen molar-refractivity contribution in [3.63, 3.8) is 0 Å². The van der Waals surface area contributed by atoms with Crippen molar-refractivity contribution in [3.8, 4) is 11.1 Å². The van der Waals surface area contributed by atoms with Crippen molar-refractivity contribution >= 4 is 17.2 Å². The highest BCUT2D eigenvalue weighted by molar-refractivity contribution is 5.77. The Kier molecular flexibility index (Phi) is 3.24. The first-order valence-electron chi connectivity index (χ1n) is 7.33. The summed E-state index contributed by atoms with van der Waals surface area (Å²) in [5.74, 6) is 1.01. The number of nitrogens with zero attached hydrogens (tertiary/aromatic N) is 1. The van der Waals surface area contributed by atoms with E-state index in [0.29, 0.717) is 0 Å². The molecule has 0 saturated carbocycles. The lowest BCUT2D eigenvalue weighted by atomic mass is 10.0. The van der Waals surface area contributed by atoms with Crippen molar-refractivity contribution in [1.29, 1.82) is 0 Å². The van der Waals surface area contributed by atoms with Crippen LogP contribution in [0.4, 0.5) is 17.2 Å². The van der Waals surface area contributed by atoms with Crippen LogP contribution in [0.5, 0.6) is 0 Å². The van der Waals surface area contributed by atoms with Crippen LogP contribution < -0.4 is 16.4 Å².